The third-order valence-electron chi connectivity index (χ3n) is 2.33. The molecule has 0 spiro atoms. The van der Waals surface area contributed by atoms with Gasteiger partial charge in [0.25, 0.3) is 0 Å². The van der Waals surface area contributed by atoms with E-state index in [9.17, 15) is 4.79 Å². The Hall–Kier alpha value is -1.69. The van der Waals surface area contributed by atoms with Gasteiger partial charge in [-0.1, -0.05) is 0 Å². The molecule has 3 N–H and O–H groups in total. The summed E-state index contributed by atoms with van der Waals surface area (Å²) < 4.78 is 4.64. The van der Waals surface area contributed by atoms with Crippen LogP contribution in [-0.2, 0) is 17.7 Å². The Morgan fingerprint density at radius 2 is 2.33 bits per heavy atom. The van der Waals surface area contributed by atoms with Crippen molar-refractivity contribution in [2.24, 2.45) is 0 Å². The van der Waals surface area contributed by atoms with Crippen molar-refractivity contribution in [1.82, 2.24) is 15.3 Å². The van der Waals surface area contributed by atoms with Crippen LogP contribution in [0.3, 0.4) is 0 Å². The smallest absolute Gasteiger partial charge is 0.357 e. The van der Waals surface area contributed by atoms with Crippen molar-refractivity contribution in [2.45, 2.75) is 13.0 Å². The van der Waals surface area contributed by atoms with E-state index in [1.165, 1.54) is 7.11 Å². The Labute approximate surface area is 86.9 Å². The number of anilines is 1. The number of hydrogen-bond donors (Lipinski definition) is 2. The third kappa shape index (κ3) is 1.75. The lowest BCUT2D eigenvalue weighted by Crippen LogP contribution is -2.28. The number of rotatable bonds is 1. The van der Waals surface area contributed by atoms with E-state index in [1.807, 2.05) is 0 Å². The maximum absolute atomic E-state index is 11.4. The second-order valence-electron chi connectivity index (χ2n) is 3.27. The van der Waals surface area contributed by atoms with Crippen LogP contribution in [0, 0.1) is 0 Å². The van der Waals surface area contributed by atoms with E-state index < -0.39 is 5.97 Å². The van der Waals surface area contributed by atoms with E-state index in [-0.39, 0.29) is 11.6 Å². The number of esters is 1. The number of nitrogen functional groups attached to an aromatic ring is 1. The minimum absolute atomic E-state index is 0.121. The van der Waals surface area contributed by atoms with Crippen LogP contribution in [0.5, 0.6) is 0 Å². The molecule has 6 heteroatoms. The van der Waals surface area contributed by atoms with Gasteiger partial charge in [-0.2, -0.15) is 0 Å². The van der Waals surface area contributed by atoms with Crippen molar-refractivity contribution in [3.05, 3.63) is 17.0 Å². The summed E-state index contributed by atoms with van der Waals surface area (Å²) in [7, 11) is 1.32. The number of nitrogens with zero attached hydrogens (tertiary/aromatic N) is 2. The molecule has 0 saturated heterocycles. The molecule has 15 heavy (non-hydrogen) atoms. The fourth-order valence-electron chi connectivity index (χ4n) is 1.63. The number of methoxy groups -OCH3 is 1. The maximum atomic E-state index is 11.4. The van der Waals surface area contributed by atoms with Gasteiger partial charge >= 0.3 is 5.97 Å². The Balaban J connectivity index is 2.52. The topological polar surface area (TPSA) is 90.1 Å². The maximum Gasteiger partial charge on any atom is 0.357 e. The summed E-state index contributed by atoms with van der Waals surface area (Å²) in [4.78, 5) is 19.5. The summed E-state index contributed by atoms with van der Waals surface area (Å²) in [6, 6.07) is 0. The molecule has 0 bridgehead atoms. The number of aromatic nitrogens is 2. The summed E-state index contributed by atoms with van der Waals surface area (Å²) in [5.74, 6) is -0.347. The van der Waals surface area contributed by atoms with Gasteiger partial charge in [0.05, 0.1) is 12.8 Å². The van der Waals surface area contributed by atoms with Gasteiger partial charge in [-0.25, -0.2) is 14.8 Å². The molecule has 80 valence electrons. The van der Waals surface area contributed by atoms with E-state index >= 15 is 0 Å². The van der Waals surface area contributed by atoms with Crippen LogP contribution < -0.4 is 11.1 Å². The van der Waals surface area contributed by atoms with Crippen molar-refractivity contribution >= 4 is 11.9 Å². The number of fused-ring (bicyclic) bond motifs is 1. The molecule has 6 nitrogen and oxygen atoms in total. The monoisotopic (exact) mass is 208 g/mol. The molecular weight excluding hydrogens is 196 g/mol. The van der Waals surface area contributed by atoms with Crippen molar-refractivity contribution in [3.63, 3.8) is 0 Å². The lowest BCUT2D eigenvalue weighted by molar-refractivity contribution is 0.0592. The molecule has 1 aliphatic heterocycles. The minimum Gasteiger partial charge on any atom is -0.464 e. The van der Waals surface area contributed by atoms with E-state index in [0.717, 1.165) is 24.2 Å². The van der Waals surface area contributed by atoms with Crippen LogP contribution in [0.2, 0.25) is 0 Å². The molecule has 2 rings (SSSR count). The summed E-state index contributed by atoms with van der Waals surface area (Å²) in [5.41, 5.74) is 7.42. The average Bonchev–Trinajstić information content (AvgIpc) is 2.26. The number of nitrogens with one attached hydrogen (secondary N) is 1. The average molecular weight is 208 g/mol. The van der Waals surface area contributed by atoms with Gasteiger partial charge in [-0.3, -0.25) is 0 Å². The van der Waals surface area contributed by atoms with Crippen LogP contribution in [-0.4, -0.2) is 29.6 Å². The number of carbonyl (C=O) groups excluding carboxylic acids is 1. The molecule has 0 atom stereocenters. The standard InChI is InChI=1S/C9H12N4O2/c1-15-8(14)7-5-4-11-3-2-6(5)12-9(10)13-7/h11H,2-4H2,1H3,(H2,10,12,13). The molecule has 1 aromatic heterocycles. The highest BCUT2D eigenvalue weighted by atomic mass is 16.5. The van der Waals surface area contributed by atoms with E-state index in [1.54, 1.807) is 0 Å². The summed E-state index contributed by atoms with van der Waals surface area (Å²) in [6.45, 7) is 1.42. The van der Waals surface area contributed by atoms with Gasteiger partial charge in [0.1, 0.15) is 0 Å². The molecule has 1 aliphatic rings. The molecule has 2 heterocycles. The molecule has 0 aromatic carbocycles. The SMILES string of the molecule is COC(=O)c1nc(N)nc2c1CNCC2. The first-order chi connectivity index (χ1) is 7.22. The normalized spacial score (nSPS) is 14.5. The van der Waals surface area contributed by atoms with Crippen molar-refractivity contribution < 1.29 is 9.53 Å². The first-order valence-electron chi connectivity index (χ1n) is 4.66. The van der Waals surface area contributed by atoms with Gasteiger partial charge in [0, 0.05) is 25.1 Å². The third-order valence-corrected chi connectivity index (χ3v) is 2.33. The van der Waals surface area contributed by atoms with Gasteiger partial charge in [-0.05, 0) is 0 Å². The van der Waals surface area contributed by atoms with Crippen LogP contribution >= 0.6 is 0 Å². The zero-order chi connectivity index (χ0) is 10.8. The van der Waals surface area contributed by atoms with E-state index in [0.29, 0.717) is 6.54 Å². The number of ether oxygens (including phenoxy) is 1. The molecule has 0 amide bonds. The molecular formula is C9H12N4O2. The minimum atomic E-state index is -0.468. The molecule has 0 fully saturated rings. The fourth-order valence-corrected chi connectivity index (χ4v) is 1.63. The van der Waals surface area contributed by atoms with Gasteiger partial charge in [0.15, 0.2) is 5.69 Å². The molecule has 0 radical (unpaired) electrons. The quantitative estimate of drug-likeness (QED) is 0.604. The largest absolute Gasteiger partial charge is 0.464 e. The van der Waals surface area contributed by atoms with Crippen LogP contribution in [0.25, 0.3) is 0 Å². The number of hydrogen-bond acceptors (Lipinski definition) is 6. The first kappa shape index (κ1) is 9.85. The summed E-state index contributed by atoms with van der Waals surface area (Å²) >= 11 is 0. The zero-order valence-electron chi connectivity index (χ0n) is 8.41. The van der Waals surface area contributed by atoms with E-state index in [4.69, 9.17) is 5.73 Å². The lowest BCUT2D eigenvalue weighted by Gasteiger charge is -2.18. The lowest BCUT2D eigenvalue weighted by atomic mass is 10.1. The second-order valence-corrected chi connectivity index (χ2v) is 3.27. The number of nitrogens with two attached hydrogens (primary N) is 1. The van der Waals surface area contributed by atoms with Crippen LogP contribution in [0.1, 0.15) is 21.7 Å². The van der Waals surface area contributed by atoms with Gasteiger partial charge < -0.3 is 15.8 Å². The Morgan fingerprint density at radius 3 is 3.07 bits per heavy atom. The molecule has 0 unspecified atom stereocenters. The van der Waals surface area contributed by atoms with Crippen molar-refractivity contribution in [2.75, 3.05) is 19.4 Å². The highest BCUT2D eigenvalue weighted by Gasteiger charge is 2.21. The van der Waals surface area contributed by atoms with E-state index in [2.05, 4.69) is 20.0 Å². The first-order valence-corrected chi connectivity index (χ1v) is 4.66. The second kappa shape index (κ2) is 3.82. The highest BCUT2D eigenvalue weighted by molar-refractivity contribution is 5.89. The molecule has 1 aromatic rings. The molecule has 0 saturated carbocycles. The summed E-state index contributed by atoms with van der Waals surface area (Å²) in [6.07, 6.45) is 0.756. The Kier molecular flexibility index (Phi) is 2.51. The van der Waals surface area contributed by atoms with Gasteiger partial charge in [-0.15, -0.1) is 0 Å². The van der Waals surface area contributed by atoms with Gasteiger partial charge in [0.2, 0.25) is 5.95 Å². The number of carbonyl (C=O) groups is 1. The highest BCUT2D eigenvalue weighted by Crippen LogP contribution is 2.16. The Bertz CT molecular complexity index is 405. The predicted octanol–water partition coefficient (Wildman–Crippen LogP) is -0.509. The van der Waals surface area contributed by atoms with Crippen LogP contribution in [0.4, 0.5) is 5.95 Å². The van der Waals surface area contributed by atoms with Crippen molar-refractivity contribution in [3.8, 4) is 0 Å². The summed E-state index contributed by atoms with van der Waals surface area (Å²) in [5, 5.41) is 3.15. The van der Waals surface area contributed by atoms with Crippen molar-refractivity contribution in [1.29, 1.82) is 0 Å². The fraction of sp³-hybridized carbons (Fsp3) is 0.444. The van der Waals surface area contributed by atoms with Crippen LogP contribution in [0.15, 0.2) is 0 Å². The molecule has 0 aliphatic carbocycles. The zero-order valence-corrected chi connectivity index (χ0v) is 8.41. The predicted molar refractivity (Wildman–Crippen MR) is 53.2 cm³/mol. The Morgan fingerprint density at radius 1 is 1.53 bits per heavy atom.